The van der Waals surface area contributed by atoms with Gasteiger partial charge in [-0.15, -0.1) is 0 Å². The van der Waals surface area contributed by atoms with E-state index >= 15 is 0 Å². The number of nitrogens with one attached hydrogen (secondary N) is 1. The number of hydrogen-bond acceptors (Lipinski definition) is 3. The first kappa shape index (κ1) is 14.4. The number of carboxylic acids is 1. The molecule has 0 saturated heterocycles. The molecule has 1 fully saturated rings. The third-order valence-electron chi connectivity index (χ3n) is 2.72. The third kappa shape index (κ3) is 4.25. The van der Waals surface area contributed by atoms with E-state index in [1.807, 2.05) is 0 Å². The molecule has 0 bridgehead atoms. The summed E-state index contributed by atoms with van der Waals surface area (Å²) >= 11 is 0. The fourth-order valence-corrected chi connectivity index (χ4v) is 3.72. The lowest BCUT2D eigenvalue weighted by molar-refractivity contribution is -0.137. The summed E-state index contributed by atoms with van der Waals surface area (Å²) in [5.74, 6) is -1.12. The smallest absolute Gasteiger partial charge is 0.318 e. The van der Waals surface area contributed by atoms with E-state index in [4.69, 9.17) is 5.11 Å². The first-order chi connectivity index (χ1) is 7.83. The molecule has 0 spiro atoms. The van der Waals surface area contributed by atoms with Gasteiger partial charge < -0.3 is 5.11 Å². The minimum absolute atomic E-state index is 0.178. The van der Waals surface area contributed by atoms with Crippen LogP contribution in [-0.2, 0) is 15.0 Å². The third-order valence-corrected chi connectivity index (χ3v) is 4.53. The molecule has 17 heavy (non-hydrogen) atoms. The Morgan fingerprint density at radius 2 is 1.94 bits per heavy atom. The Labute approximate surface area is 102 Å². The minimum Gasteiger partial charge on any atom is -0.480 e. The molecule has 100 valence electrons. The number of nitrogens with zero attached hydrogens (tertiary/aromatic N) is 1. The zero-order valence-corrected chi connectivity index (χ0v) is 11.0. The number of carboxylic acid groups (broad SMARTS) is 1. The van der Waals surface area contributed by atoms with Gasteiger partial charge in [-0.25, -0.2) is 0 Å². The molecular formula is C10H20N2O4S. The number of carbonyl (C=O) groups is 1. The standard InChI is InChI=1S/C10H20N2O4S/c1-8(2)11-17(15,16)12(7-10(13)14)9-5-3-4-6-9/h8-9,11H,3-7H2,1-2H3,(H,13,14). The van der Waals surface area contributed by atoms with E-state index in [1.54, 1.807) is 13.8 Å². The van der Waals surface area contributed by atoms with Gasteiger partial charge >= 0.3 is 5.97 Å². The lowest BCUT2D eigenvalue weighted by Crippen LogP contribution is -2.49. The van der Waals surface area contributed by atoms with Gasteiger partial charge in [0.15, 0.2) is 0 Å². The van der Waals surface area contributed by atoms with Crippen molar-refractivity contribution in [2.24, 2.45) is 0 Å². The monoisotopic (exact) mass is 264 g/mol. The average molecular weight is 264 g/mol. The van der Waals surface area contributed by atoms with E-state index in [9.17, 15) is 13.2 Å². The van der Waals surface area contributed by atoms with Gasteiger partial charge in [-0.2, -0.15) is 17.4 Å². The number of hydrogen-bond donors (Lipinski definition) is 2. The van der Waals surface area contributed by atoms with Gasteiger partial charge in [-0.05, 0) is 26.7 Å². The molecule has 2 N–H and O–H groups in total. The summed E-state index contributed by atoms with van der Waals surface area (Å²) in [6, 6.07) is -0.417. The lowest BCUT2D eigenvalue weighted by atomic mass is 10.2. The number of rotatable bonds is 6. The van der Waals surface area contributed by atoms with Crippen LogP contribution in [0.25, 0.3) is 0 Å². The van der Waals surface area contributed by atoms with E-state index in [1.165, 1.54) is 0 Å². The zero-order chi connectivity index (χ0) is 13.1. The maximum Gasteiger partial charge on any atom is 0.318 e. The van der Waals surface area contributed by atoms with Crippen molar-refractivity contribution in [2.45, 2.75) is 51.6 Å². The van der Waals surface area contributed by atoms with Crippen molar-refractivity contribution in [1.82, 2.24) is 9.03 Å². The summed E-state index contributed by atoms with van der Waals surface area (Å²) in [7, 11) is -3.70. The van der Waals surface area contributed by atoms with Gasteiger partial charge in [-0.3, -0.25) is 4.79 Å². The van der Waals surface area contributed by atoms with Gasteiger partial charge in [0, 0.05) is 12.1 Å². The Morgan fingerprint density at radius 1 is 1.41 bits per heavy atom. The van der Waals surface area contributed by atoms with E-state index in [0.717, 1.165) is 30.0 Å². The topological polar surface area (TPSA) is 86.7 Å². The molecule has 1 saturated carbocycles. The molecule has 0 aromatic heterocycles. The Kier molecular flexibility index (Phi) is 4.91. The molecule has 0 aromatic carbocycles. The molecule has 0 aliphatic heterocycles. The average Bonchev–Trinajstić information content (AvgIpc) is 2.63. The molecular weight excluding hydrogens is 244 g/mol. The molecule has 0 unspecified atom stereocenters. The Balaban J connectivity index is 2.84. The van der Waals surface area contributed by atoms with Gasteiger partial charge in [0.05, 0.1) is 0 Å². The summed E-state index contributed by atoms with van der Waals surface area (Å²) in [5, 5.41) is 8.81. The van der Waals surface area contributed by atoms with Crippen LogP contribution in [-0.4, -0.2) is 42.4 Å². The van der Waals surface area contributed by atoms with Crippen LogP contribution < -0.4 is 4.72 Å². The summed E-state index contributed by atoms with van der Waals surface area (Å²) in [4.78, 5) is 10.8. The molecule has 6 nitrogen and oxygen atoms in total. The second kappa shape index (κ2) is 5.79. The molecule has 1 rings (SSSR count). The molecule has 7 heteroatoms. The van der Waals surface area contributed by atoms with Crippen LogP contribution in [0.2, 0.25) is 0 Å². The van der Waals surface area contributed by atoms with Crippen LogP contribution in [0.15, 0.2) is 0 Å². The van der Waals surface area contributed by atoms with Crippen LogP contribution in [0.3, 0.4) is 0 Å². The highest BCUT2D eigenvalue weighted by Crippen LogP contribution is 2.25. The molecule has 0 heterocycles. The lowest BCUT2D eigenvalue weighted by Gasteiger charge is -2.27. The van der Waals surface area contributed by atoms with Gasteiger partial charge in [0.1, 0.15) is 6.54 Å². The largest absolute Gasteiger partial charge is 0.480 e. The predicted octanol–water partition coefficient (Wildman–Crippen LogP) is 0.558. The molecule has 0 atom stereocenters. The van der Waals surface area contributed by atoms with Crippen molar-refractivity contribution in [3.63, 3.8) is 0 Å². The van der Waals surface area contributed by atoms with Gasteiger partial charge in [0.25, 0.3) is 10.2 Å². The maximum atomic E-state index is 12.0. The quantitative estimate of drug-likeness (QED) is 0.734. The highest BCUT2D eigenvalue weighted by molar-refractivity contribution is 7.87. The van der Waals surface area contributed by atoms with Crippen molar-refractivity contribution >= 4 is 16.2 Å². The summed E-state index contributed by atoms with van der Waals surface area (Å²) in [6.07, 6.45) is 3.40. The second-order valence-electron chi connectivity index (χ2n) is 4.65. The molecule has 1 aliphatic carbocycles. The second-order valence-corrected chi connectivity index (χ2v) is 6.31. The first-order valence-corrected chi connectivity index (χ1v) is 7.28. The van der Waals surface area contributed by atoms with Crippen molar-refractivity contribution < 1.29 is 18.3 Å². The Bertz CT molecular complexity index is 361. The normalized spacial score (nSPS) is 18.1. The van der Waals surface area contributed by atoms with Gasteiger partial charge in [-0.1, -0.05) is 12.8 Å². The van der Waals surface area contributed by atoms with E-state index in [-0.39, 0.29) is 12.1 Å². The van der Waals surface area contributed by atoms with Crippen LogP contribution in [0.5, 0.6) is 0 Å². The molecule has 0 radical (unpaired) electrons. The minimum atomic E-state index is -3.70. The highest BCUT2D eigenvalue weighted by Gasteiger charge is 2.33. The van der Waals surface area contributed by atoms with Crippen molar-refractivity contribution in [3.8, 4) is 0 Å². The van der Waals surface area contributed by atoms with Crippen LogP contribution in [0.1, 0.15) is 39.5 Å². The van der Waals surface area contributed by atoms with E-state index in [2.05, 4.69) is 4.72 Å². The van der Waals surface area contributed by atoms with E-state index < -0.39 is 22.7 Å². The number of aliphatic carboxylic acids is 1. The Morgan fingerprint density at radius 3 is 2.35 bits per heavy atom. The summed E-state index contributed by atoms with van der Waals surface area (Å²) in [5.41, 5.74) is 0. The predicted molar refractivity (Wildman–Crippen MR) is 63.8 cm³/mol. The fourth-order valence-electron chi connectivity index (χ4n) is 2.10. The maximum absolute atomic E-state index is 12.0. The summed E-state index contributed by atoms with van der Waals surface area (Å²) in [6.45, 7) is 2.96. The van der Waals surface area contributed by atoms with Crippen molar-refractivity contribution in [2.75, 3.05) is 6.54 Å². The van der Waals surface area contributed by atoms with Crippen LogP contribution in [0, 0.1) is 0 Å². The fraction of sp³-hybridized carbons (Fsp3) is 0.900. The van der Waals surface area contributed by atoms with Crippen molar-refractivity contribution in [3.05, 3.63) is 0 Å². The Hall–Kier alpha value is -0.660. The summed E-state index contributed by atoms with van der Waals surface area (Å²) < 4.78 is 27.6. The van der Waals surface area contributed by atoms with Crippen molar-refractivity contribution in [1.29, 1.82) is 0 Å². The van der Waals surface area contributed by atoms with Crippen LogP contribution in [0.4, 0.5) is 0 Å². The molecule has 1 aliphatic rings. The molecule has 0 amide bonds. The first-order valence-electron chi connectivity index (χ1n) is 5.84. The van der Waals surface area contributed by atoms with Gasteiger partial charge in [0.2, 0.25) is 0 Å². The van der Waals surface area contributed by atoms with Crippen LogP contribution >= 0.6 is 0 Å². The van der Waals surface area contributed by atoms with E-state index in [0.29, 0.717) is 0 Å². The SMILES string of the molecule is CC(C)NS(=O)(=O)N(CC(=O)O)C1CCCC1. The highest BCUT2D eigenvalue weighted by atomic mass is 32.2. The zero-order valence-electron chi connectivity index (χ0n) is 10.2. The molecule has 0 aromatic rings.